The third-order valence-corrected chi connectivity index (χ3v) is 5.53. The van der Waals surface area contributed by atoms with Crippen LogP contribution in [0.3, 0.4) is 0 Å². The van der Waals surface area contributed by atoms with Crippen LogP contribution in [0, 0.1) is 6.92 Å². The number of anilines is 1. The van der Waals surface area contributed by atoms with Crippen molar-refractivity contribution in [2.75, 3.05) is 24.5 Å². The molecule has 0 atom stereocenters. The molecule has 2 heterocycles. The number of nitrogens with one attached hydrogen (secondary N) is 2. The van der Waals surface area contributed by atoms with Gasteiger partial charge in [-0.1, -0.05) is 36.8 Å². The standard InChI is InChI=1S/C20H23BrN6O4S/c1-3-8-26-32(28,29)27-18-17(15-6-4-14(2)5-7-15)19(25-13-24-18)30-9-10-31-20-22-11-16(21)12-23-20/h4-7,11-13,26H,3,8-10H2,1-2H3,(H,24,25,27). The van der Waals surface area contributed by atoms with Crippen molar-refractivity contribution in [3.63, 3.8) is 0 Å². The van der Waals surface area contributed by atoms with Gasteiger partial charge in [0.15, 0.2) is 5.82 Å². The molecule has 0 unspecified atom stereocenters. The van der Waals surface area contributed by atoms with E-state index in [0.29, 0.717) is 24.1 Å². The van der Waals surface area contributed by atoms with Crippen LogP contribution in [0.1, 0.15) is 18.9 Å². The van der Waals surface area contributed by atoms with Gasteiger partial charge in [0.2, 0.25) is 5.88 Å². The smallest absolute Gasteiger partial charge is 0.316 e. The van der Waals surface area contributed by atoms with Crippen molar-refractivity contribution in [3.05, 3.63) is 53.0 Å². The third kappa shape index (κ3) is 6.84. The molecule has 0 aliphatic carbocycles. The Kier molecular flexibility index (Phi) is 8.31. The van der Waals surface area contributed by atoms with Gasteiger partial charge in [-0.2, -0.15) is 13.1 Å². The second-order valence-corrected chi connectivity index (χ2v) is 9.06. The summed E-state index contributed by atoms with van der Waals surface area (Å²) in [6, 6.07) is 7.74. The fourth-order valence-corrected chi connectivity index (χ4v) is 3.74. The van der Waals surface area contributed by atoms with E-state index in [0.717, 1.165) is 10.0 Å². The molecule has 2 N–H and O–H groups in total. The molecule has 0 aliphatic heterocycles. The minimum atomic E-state index is -3.81. The van der Waals surface area contributed by atoms with E-state index in [9.17, 15) is 8.42 Å². The predicted octanol–water partition coefficient (Wildman–Crippen LogP) is 3.12. The van der Waals surface area contributed by atoms with E-state index in [2.05, 4.69) is 45.3 Å². The van der Waals surface area contributed by atoms with Gasteiger partial charge in [-0.25, -0.2) is 19.9 Å². The fourth-order valence-electron chi connectivity index (χ4n) is 2.58. The Balaban J connectivity index is 1.81. The molecule has 0 fully saturated rings. The lowest BCUT2D eigenvalue weighted by atomic mass is 10.1. The van der Waals surface area contributed by atoms with E-state index in [4.69, 9.17) is 9.47 Å². The summed E-state index contributed by atoms with van der Waals surface area (Å²) >= 11 is 3.26. The highest BCUT2D eigenvalue weighted by atomic mass is 79.9. The maximum absolute atomic E-state index is 12.4. The normalized spacial score (nSPS) is 11.2. The van der Waals surface area contributed by atoms with E-state index in [-0.39, 0.29) is 30.9 Å². The maximum Gasteiger partial charge on any atom is 0.316 e. The van der Waals surface area contributed by atoms with Crippen LogP contribution in [-0.2, 0) is 10.2 Å². The number of aromatic nitrogens is 4. The van der Waals surface area contributed by atoms with Gasteiger partial charge in [0.1, 0.15) is 19.5 Å². The minimum Gasteiger partial charge on any atom is -0.473 e. The zero-order valence-corrected chi connectivity index (χ0v) is 20.0. The van der Waals surface area contributed by atoms with Crippen molar-refractivity contribution in [2.45, 2.75) is 20.3 Å². The van der Waals surface area contributed by atoms with Crippen LogP contribution in [0.5, 0.6) is 11.9 Å². The summed E-state index contributed by atoms with van der Waals surface area (Å²) in [5, 5.41) is 0. The van der Waals surface area contributed by atoms with Gasteiger partial charge in [0.25, 0.3) is 10.2 Å². The molecular formula is C20H23BrN6O4S. The zero-order chi connectivity index (χ0) is 23.0. The first-order chi connectivity index (χ1) is 15.4. The van der Waals surface area contributed by atoms with Crippen LogP contribution in [0.25, 0.3) is 11.1 Å². The van der Waals surface area contributed by atoms with Crippen molar-refractivity contribution < 1.29 is 17.9 Å². The number of hydrogen-bond donors (Lipinski definition) is 2. The lowest BCUT2D eigenvalue weighted by Gasteiger charge is -2.16. The zero-order valence-electron chi connectivity index (χ0n) is 17.6. The molecule has 0 amide bonds. The molecule has 170 valence electrons. The first-order valence-corrected chi connectivity index (χ1v) is 12.1. The molecule has 2 aromatic heterocycles. The lowest BCUT2D eigenvalue weighted by Crippen LogP contribution is -2.31. The van der Waals surface area contributed by atoms with Gasteiger partial charge < -0.3 is 9.47 Å². The highest BCUT2D eigenvalue weighted by Gasteiger charge is 2.19. The number of hydrogen-bond acceptors (Lipinski definition) is 8. The fraction of sp³-hybridized carbons (Fsp3) is 0.300. The molecule has 32 heavy (non-hydrogen) atoms. The van der Waals surface area contributed by atoms with Crippen LogP contribution in [0.2, 0.25) is 0 Å². The van der Waals surface area contributed by atoms with Gasteiger partial charge in [-0.3, -0.25) is 4.72 Å². The first-order valence-electron chi connectivity index (χ1n) is 9.80. The van der Waals surface area contributed by atoms with Gasteiger partial charge in [-0.05, 0) is 34.8 Å². The Morgan fingerprint density at radius 3 is 2.38 bits per heavy atom. The Hall–Kier alpha value is -2.83. The van der Waals surface area contributed by atoms with Crippen LogP contribution in [0.4, 0.5) is 5.82 Å². The summed E-state index contributed by atoms with van der Waals surface area (Å²) in [6.45, 7) is 4.44. The number of aryl methyl sites for hydroxylation is 1. The van der Waals surface area contributed by atoms with Gasteiger partial charge in [0.05, 0.1) is 10.0 Å². The second-order valence-electron chi connectivity index (χ2n) is 6.65. The molecule has 0 saturated carbocycles. The third-order valence-electron chi connectivity index (χ3n) is 4.08. The average Bonchev–Trinajstić information content (AvgIpc) is 2.77. The first kappa shape index (κ1) is 23.8. The Morgan fingerprint density at radius 1 is 1.00 bits per heavy atom. The van der Waals surface area contributed by atoms with Crippen molar-refractivity contribution in [1.29, 1.82) is 0 Å². The molecule has 10 nitrogen and oxygen atoms in total. The topological polar surface area (TPSA) is 128 Å². The largest absolute Gasteiger partial charge is 0.473 e. The molecule has 12 heteroatoms. The molecule has 0 spiro atoms. The highest BCUT2D eigenvalue weighted by molar-refractivity contribution is 9.10. The molecular weight excluding hydrogens is 500 g/mol. The van der Waals surface area contributed by atoms with E-state index in [1.165, 1.54) is 6.33 Å². The van der Waals surface area contributed by atoms with E-state index < -0.39 is 10.2 Å². The van der Waals surface area contributed by atoms with Crippen molar-refractivity contribution >= 4 is 32.0 Å². The Bertz CT molecular complexity index is 1130. The number of halogens is 1. The second kappa shape index (κ2) is 11.2. The average molecular weight is 523 g/mol. The highest BCUT2D eigenvalue weighted by Crippen LogP contribution is 2.34. The van der Waals surface area contributed by atoms with E-state index in [1.807, 2.05) is 38.1 Å². The van der Waals surface area contributed by atoms with Crippen molar-refractivity contribution in [2.24, 2.45) is 0 Å². The summed E-state index contributed by atoms with van der Waals surface area (Å²) in [6.07, 6.45) is 5.05. The number of benzene rings is 1. The SMILES string of the molecule is CCCNS(=O)(=O)Nc1ncnc(OCCOc2ncc(Br)cn2)c1-c1ccc(C)cc1. The quantitative estimate of drug-likeness (QED) is 0.367. The van der Waals surface area contributed by atoms with Crippen molar-refractivity contribution in [1.82, 2.24) is 24.7 Å². The monoisotopic (exact) mass is 522 g/mol. The molecule has 0 saturated heterocycles. The predicted molar refractivity (Wildman–Crippen MR) is 124 cm³/mol. The van der Waals surface area contributed by atoms with E-state index >= 15 is 0 Å². The number of rotatable bonds is 11. The molecule has 0 aliphatic rings. The Morgan fingerprint density at radius 2 is 1.69 bits per heavy atom. The molecule has 0 bridgehead atoms. The molecule has 3 rings (SSSR count). The van der Waals surface area contributed by atoms with E-state index in [1.54, 1.807) is 12.4 Å². The maximum atomic E-state index is 12.4. The number of nitrogens with zero attached hydrogens (tertiary/aromatic N) is 4. The minimum absolute atomic E-state index is 0.111. The summed E-state index contributed by atoms with van der Waals surface area (Å²) in [7, 11) is -3.81. The summed E-state index contributed by atoms with van der Waals surface area (Å²) in [5.74, 6) is 0.331. The molecule has 0 radical (unpaired) electrons. The summed E-state index contributed by atoms with van der Waals surface area (Å²) in [4.78, 5) is 16.4. The Labute approximate surface area is 195 Å². The van der Waals surface area contributed by atoms with Gasteiger partial charge in [0, 0.05) is 18.9 Å². The summed E-state index contributed by atoms with van der Waals surface area (Å²) in [5.41, 5.74) is 2.19. The van der Waals surface area contributed by atoms with Gasteiger partial charge in [-0.15, -0.1) is 0 Å². The molecule has 1 aromatic carbocycles. The van der Waals surface area contributed by atoms with Crippen LogP contribution >= 0.6 is 15.9 Å². The lowest BCUT2D eigenvalue weighted by molar-refractivity contribution is 0.202. The van der Waals surface area contributed by atoms with Crippen LogP contribution < -0.4 is 18.9 Å². The van der Waals surface area contributed by atoms with Crippen LogP contribution in [0.15, 0.2) is 47.5 Å². The molecule has 3 aromatic rings. The van der Waals surface area contributed by atoms with Gasteiger partial charge >= 0.3 is 6.01 Å². The van der Waals surface area contributed by atoms with Crippen molar-refractivity contribution in [3.8, 4) is 23.0 Å². The summed E-state index contributed by atoms with van der Waals surface area (Å²) < 4.78 is 41.7. The number of ether oxygens (including phenoxy) is 2. The van der Waals surface area contributed by atoms with Crippen LogP contribution in [-0.4, -0.2) is 48.1 Å².